The van der Waals surface area contributed by atoms with Crippen molar-refractivity contribution in [3.63, 3.8) is 0 Å². The number of aromatic nitrogens is 1. The summed E-state index contributed by atoms with van der Waals surface area (Å²) in [5, 5.41) is 0. The van der Waals surface area contributed by atoms with Crippen LogP contribution in [0.3, 0.4) is 0 Å². The Kier molecular flexibility index (Phi) is 2.95. The van der Waals surface area contributed by atoms with Gasteiger partial charge in [-0.05, 0) is 50.7 Å². The van der Waals surface area contributed by atoms with E-state index in [9.17, 15) is 0 Å². The van der Waals surface area contributed by atoms with E-state index in [2.05, 4.69) is 30.7 Å². The van der Waals surface area contributed by atoms with Crippen molar-refractivity contribution in [3.05, 3.63) is 23.5 Å². The third-order valence-electron chi connectivity index (χ3n) is 3.41. The van der Waals surface area contributed by atoms with Gasteiger partial charge in [-0.2, -0.15) is 0 Å². The molecule has 0 spiro atoms. The van der Waals surface area contributed by atoms with Gasteiger partial charge >= 0.3 is 0 Å². The van der Waals surface area contributed by atoms with Crippen LogP contribution < -0.4 is 0 Å². The van der Waals surface area contributed by atoms with Crippen LogP contribution in [0.2, 0.25) is 0 Å². The lowest BCUT2D eigenvalue weighted by atomic mass is 9.98. The Bertz CT molecular complexity index is 298. The molecule has 14 heavy (non-hydrogen) atoms. The summed E-state index contributed by atoms with van der Waals surface area (Å²) in [6, 6.07) is 3.03. The summed E-state index contributed by atoms with van der Waals surface area (Å²) in [5.74, 6) is 0. The Morgan fingerprint density at radius 2 is 2.14 bits per heavy atom. The predicted octanol–water partition coefficient (Wildman–Crippen LogP) is 3.73. The fourth-order valence-corrected chi connectivity index (χ4v) is 2.62. The molecule has 1 aliphatic rings. The van der Waals surface area contributed by atoms with Gasteiger partial charge in [0.25, 0.3) is 0 Å². The van der Waals surface area contributed by atoms with Gasteiger partial charge in [-0.1, -0.05) is 13.3 Å². The highest BCUT2D eigenvalue weighted by Crippen LogP contribution is 2.26. The molecule has 0 bridgehead atoms. The number of aryl methyl sites for hydroxylation is 1. The Morgan fingerprint density at radius 1 is 1.36 bits per heavy atom. The Hall–Kier alpha value is -0.720. The minimum Gasteiger partial charge on any atom is -0.348 e. The number of nitrogens with zero attached hydrogens (tertiary/aromatic N) is 1. The molecular weight excluding hydrogens is 170 g/mol. The highest BCUT2D eigenvalue weighted by Gasteiger charge is 2.15. The average Bonchev–Trinajstić information content (AvgIpc) is 2.61. The lowest BCUT2D eigenvalue weighted by Crippen LogP contribution is -2.11. The largest absolute Gasteiger partial charge is 0.348 e. The maximum Gasteiger partial charge on any atom is 0.0305 e. The van der Waals surface area contributed by atoms with E-state index < -0.39 is 0 Å². The van der Waals surface area contributed by atoms with Crippen molar-refractivity contribution in [1.29, 1.82) is 0 Å². The van der Waals surface area contributed by atoms with Crippen LogP contribution in [-0.4, -0.2) is 4.57 Å². The van der Waals surface area contributed by atoms with Gasteiger partial charge < -0.3 is 4.57 Å². The quantitative estimate of drug-likeness (QED) is 0.686. The minimum atomic E-state index is 0.696. The molecule has 1 heteroatoms. The zero-order chi connectivity index (χ0) is 9.97. The highest BCUT2D eigenvalue weighted by molar-refractivity contribution is 5.25. The average molecular weight is 191 g/mol. The molecular formula is C13H21N. The van der Waals surface area contributed by atoms with E-state index in [0.717, 1.165) is 0 Å². The summed E-state index contributed by atoms with van der Waals surface area (Å²) in [6.45, 7) is 4.62. The van der Waals surface area contributed by atoms with E-state index in [1.807, 2.05) is 0 Å². The lowest BCUT2D eigenvalue weighted by molar-refractivity contribution is 0.476. The Balaban J connectivity index is 2.21. The molecule has 0 N–H and O–H groups in total. The van der Waals surface area contributed by atoms with Crippen molar-refractivity contribution in [2.75, 3.05) is 0 Å². The SMILES string of the molecule is CCCC(C)n1ccc2c1CCCC2. The monoisotopic (exact) mass is 191 g/mol. The van der Waals surface area contributed by atoms with Crippen molar-refractivity contribution in [1.82, 2.24) is 4.57 Å². The van der Waals surface area contributed by atoms with Crippen LogP contribution in [0.5, 0.6) is 0 Å². The zero-order valence-electron chi connectivity index (χ0n) is 9.42. The summed E-state index contributed by atoms with van der Waals surface area (Å²) >= 11 is 0. The molecule has 2 rings (SSSR count). The van der Waals surface area contributed by atoms with Crippen LogP contribution in [0, 0.1) is 0 Å². The maximum atomic E-state index is 2.51. The number of rotatable bonds is 3. The van der Waals surface area contributed by atoms with Gasteiger partial charge in [0.2, 0.25) is 0 Å². The molecule has 0 saturated heterocycles. The smallest absolute Gasteiger partial charge is 0.0305 e. The van der Waals surface area contributed by atoms with Crippen molar-refractivity contribution >= 4 is 0 Å². The zero-order valence-corrected chi connectivity index (χ0v) is 9.42. The molecule has 1 aliphatic carbocycles. The molecule has 1 nitrogen and oxygen atoms in total. The van der Waals surface area contributed by atoms with Gasteiger partial charge in [-0.25, -0.2) is 0 Å². The molecule has 1 aromatic heterocycles. The van der Waals surface area contributed by atoms with Crippen molar-refractivity contribution in [2.45, 2.75) is 58.4 Å². The van der Waals surface area contributed by atoms with E-state index in [1.165, 1.54) is 38.5 Å². The van der Waals surface area contributed by atoms with Crippen LogP contribution >= 0.6 is 0 Å². The standard InChI is InChI=1S/C13H21N/c1-3-6-11(2)14-10-9-12-7-4-5-8-13(12)14/h9-11H,3-8H2,1-2H3. The first-order valence-corrected chi connectivity index (χ1v) is 6.01. The molecule has 78 valence electrons. The van der Waals surface area contributed by atoms with E-state index >= 15 is 0 Å². The fraction of sp³-hybridized carbons (Fsp3) is 0.692. The normalized spacial score (nSPS) is 17.9. The van der Waals surface area contributed by atoms with Gasteiger partial charge in [0.1, 0.15) is 0 Å². The van der Waals surface area contributed by atoms with Gasteiger partial charge in [0.15, 0.2) is 0 Å². The first-order valence-electron chi connectivity index (χ1n) is 6.01. The van der Waals surface area contributed by atoms with Crippen molar-refractivity contribution in [3.8, 4) is 0 Å². The van der Waals surface area contributed by atoms with Gasteiger partial charge in [0, 0.05) is 17.9 Å². The molecule has 0 aromatic carbocycles. The second kappa shape index (κ2) is 4.20. The topological polar surface area (TPSA) is 4.93 Å². The van der Waals surface area contributed by atoms with Crippen LogP contribution in [0.25, 0.3) is 0 Å². The van der Waals surface area contributed by atoms with E-state index in [-0.39, 0.29) is 0 Å². The molecule has 0 fully saturated rings. The molecule has 0 saturated carbocycles. The summed E-state index contributed by atoms with van der Waals surface area (Å²) < 4.78 is 2.51. The first kappa shape index (κ1) is 9.82. The second-order valence-electron chi connectivity index (χ2n) is 4.54. The van der Waals surface area contributed by atoms with Crippen molar-refractivity contribution < 1.29 is 0 Å². The third-order valence-corrected chi connectivity index (χ3v) is 3.41. The van der Waals surface area contributed by atoms with E-state index in [1.54, 1.807) is 11.3 Å². The van der Waals surface area contributed by atoms with Crippen LogP contribution in [0.4, 0.5) is 0 Å². The molecule has 1 atom stereocenters. The predicted molar refractivity (Wildman–Crippen MR) is 60.7 cm³/mol. The van der Waals surface area contributed by atoms with Crippen molar-refractivity contribution in [2.24, 2.45) is 0 Å². The highest BCUT2D eigenvalue weighted by atomic mass is 15.0. The maximum absolute atomic E-state index is 2.51. The van der Waals surface area contributed by atoms with E-state index in [4.69, 9.17) is 0 Å². The second-order valence-corrected chi connectivity index (χ2v) is 4.54. The molecule has 0 radical (unpaired) electrons. The lowest BCUT2D eigenvalue weighted by Gasteiger charge is -2.20. The summed E-state index contributed by atoms with van der Waals surface area (Å²) in [4.78, 5) is 0. The molecule has 0 amide bonds. The minimum absolute atomic E-state index is 0.696. The van der Waals surface area contributed by atoms with Gasteiger partial charge in [-0.3, -0.25) is 0 Å². The molecule has 1 heterocycles. The summed E-state index contributed by atoms with van der Waals surface area (Å²) in [6.07, 6.45) is 10.3. The van der Waals surface area contributed by atoms with Gasteiger partial charge in [0.05, 0.1) is 0 Å². The van der Waals surface area contributed by atoms with Crippen LogP contribution in [0.1, 0.15) is 56.8 Å². The number of hydrogen-bond acceptors (Lipinski definition) is 0. The fourth-order valence-electron chi connectivity index (χ4n) is 2.62. The summed E-state index contributed by atoms with van der Waals surface area (Å²) in [7, 11) is 0. The molecule has 1 aromatic rings. The number of hydrogen-bond donors (Lipinski definition) is 0. The van der Waals surface area contributed by atoms with E-state index in [0.29, 0.717) is 6.04 Å². The number of fused-ring (bicyclic) bond motifs is 1. The van der Waals surface area contributed by atoms with Crippen LogP contribution in [0.15, 0.2) is 12.3 Å². The van der Waals surface area contributed by atoms with Gasteiger partial charge in [-0.15, -0.1) is 0 Å². The first-order chi connectivity index (χ1) is 6.83. The summed E-state index contributed by atoms with van der Waals surface area (Å²) in [5.41, 5.74) is 3.23. The third kappa shape index (κ3) is 1.73. The Morgan fingerprint density at radius 3 is 2.93 bits per heavy atom. The molecule has 0 aliphatic heterocycles. The Labute approximate surface area is 87.1 Å². The molecule has 1 unspecified atom stereocenters. The van der Waals surface area contributed by atoms with Crippen LogP contribution in [-0.2, 0) is 12.8 Å².